The van der Waals surface area contributed by atoms with E-state index < -0.39 is 0 Å². The summed E-state index contributed by atoms with van der Waals surface area (Å²) in [5.74, 6) is 5.38. The average molecular weight is 128 g/mol. The third-order valence-electron chi connectivity index (χ3n) is 1.11. The van der Waals surface area contributed by atoms with Crippen molar-refractivity contribution >= 4 is 0 Å². The molecule has 0 aliphatic rings. The first-order valence-corrected chi connectivity index (χ1v) is 3.23. The van der Waals surface area contributed by atoms with E-state index in [-0.39, 0.29) is 0 Å². The molecule has 2 N–H and O–H groups in total. The van der Waals surface area contributed by atoms with Crippen molar-refractivity contribution in [2.24, 2.45) is 5.84 Å². The molecule has 0 unspecified atom stereocenters. The molecule has 0 rings (SSSR count). The molecule has 0 aromatic rings. The van der Waals surface area contributed by atoms with Crippen LogP contribution in [0.4, 0.5) is 0 Å². The second-order valence-corrected chi connectivity index (χ2v) is 2.54. The van der Waals surface area contributed by atoms with Gasteiger partial charge in [-0.3, -0.25) is 10.9 Å². The van der Waals surface area contributed by atoms with Crippen LogP contribution in [0.3, 0.4) is 0 Å². The van der Waals surface area contributed by atoms with Crippen molar-refractivity contribution in [3.05, 3.63) is 12.2 Å². The molecule has 0 spiro atoms. The molecule has 0 atom stereocenters. The summed E-state index contributed by atoms with van der Waals surface area (Å²) in [4.78, 5) is 0. The van der Waals surface area contributed by atoms with Crippen LogP contribution in [0.15, 0.2) is 12.2 Å². The number of rotatable bonds is 4. The van der Waals surface area contributed by atoms with E-state index in [9.17, 15) is 0 Å². The summed E-state index contributed by atoms with van der Waals surface area (Å²) >= 11 is 0. The lowest BCUT2D eigenvalue weighted by Crippen LogP contribution is -2.26. The molecule has 2 heteroatoms. The minimum atomic E-state index is 0.951. The maximum atomic E-state index is 5.38. The number of nitrogens with two attached hydrogens (primary N) is 1. The molecular formula is C7H16N2. The van der Waals surface area contributed by atoms with E-state index in [2.05, 4.69) is 6.58 Å². The van der Waals surface area contributed by atoms with Gasteiger partial charge >= 0.3 is 0 Å². The van der Waals surface area contributed by atoms with Gasteiger partial charge in [-0.1, -0.05) is 5.57 Å². The Balaban J connectivity index is 3.01. The van der Waals surface area contributed by atoms with Crippen LogP contribution in [0.1, 0.15) is 19.8 Å². The Morgan fingerprint density at radius 3 is 2.56 bits per heavy atom. The standard InChI is InChI=1S/C7H16N2/c1-7(2)5-4-6-9(3)8/h1,4-6,8H2,2-3H3. The highest BCUT2D eigenvalue weighted by Gasteiger charge is 1.89. The van der Waals surface area contributed by atoms with Gasteiger partial charge in [-0.25, -0.2) is 0 Å². The topological polar surface area (TPSA) is 29.3 Å². The van der Waals surface area contributed by atoms with Gasteiger partial charge in [-0.2, -0.15) is 0 Å². The Hall–Kier alpha value is -0.340. The van der Waals surface area contributed by atoms with Gasteiger partial charge in [0, 0.05) is 13.6 Å². The van der Waals surface area contributed by atoms with Crippen molar-refractivity contribution in [2.45, 2.75) is 19.8 Å². The van der Waals surface area contributed by atoms with Crippen LogP contribution in [-0.4, -0.2) is 18.6 Å². The first-order valence-electron chi connectivity index (χ1n) is 3.23. The van der Waals surface area contributed by atoms with Crippen LogP contribution in [0.5, 0.6) is 0 Å². The molecule has 0 saturated carbocycles. The first-order chi connectivity index (χ1) is 4.13. The molecule has 54 valence electrons. The fourth-order valence-corrected chi connectivity index (χ4v) is 0.630. The van der Waals surface area contributed by atoms with Crippen molar-refractivity contribution in [1.82, 2.24) is 5.01 Å². The third kappa shape index (κ3) is 7.66. The normalized spacial score (nSPS) is 10.2. The van der Waals surface area contributed by atoms with Crippen molar-refractivity contribution in [3.63, 3.8) is 0 Å². The smallest absolute Gasteiger partial charge is 0.0128 e. The Bertz CT molecular complexity index is 86.9. The van der Waals surface area contributed by atoms with E-state index in [4.69, 9.17) is 5.84 Å². The molecule has 0 saturated heterocycles. The zero-order chi connectivity index (χ0) is 7.28. The number of nitrogens with zero attached hydrogens (tertiary/aromatic N) is 1. The molecule has 0 aromatic carbocycles. The summed E-state index contributed by atoms with van der Waals surface area (Å²) in [5, 5.41) is 1.70. The summed E-state index contributed by atoms with van der Waals surface area (Å²) in [5.41, 5.74) is 1.23. The third-order valence-corrected chi connectivity index (χ3v) is 1.11. The number of hydrogen-bond donors (Lipinski definition) is 1. The highest BCUT2D eigenvalue weighted by Crippen LogP contribution is 1.99. The highest BCUT2D eigenvalue weighted by atomic mass is 15.4. The Labute approximate surface area is 57.3 Å². The Morgan fingerprint density at radius 1 is 1.67 bits per heavy atom. The summed E-state index contributed by atoms with van der Waals surface area (Å²) in [6.07, 6.45) is 2.20. The van der Waals surface area contributed by atoms with Crippen LogP contribution in [0.2, 0.25) is 0 Å². The van der Waals surface area contributed by atoms with Gasteiger partial charge in [0.05, 0.1) is 0 Å². The zero-order valence-corrected chi connectivity index (χ0v) is 6.35. The SMILES string of the molecule is C=C(C)CCCN(C)N. The van der Waals surface area contributed by atoms with Crippen molar-refractivity contribution in [3.8, 4) is 0 Å². The molecule has 0 aliphatic heterocycles. The number of allylic oxidation sites excluding steroid dienone is 1. The van der Waals surface area contributed by atoms with Gasteiger partial charge in [-0.15, -0.1) is 6.58 Å². The maximum absolute atomic E-state index is 5.38. The lowest BCUT2D eigenvalue weighted by atomic mass is 10.2. The molecule has 0 aromatic heterocycles. The molecule has 0 heterocycles. The van der Waals surface area contributed by atoms with Crippen LogP contribution >= 0.6 is 0 Å². The average Bonchev–Trinajstić information content (AvgIpc) is 1.63. The summed E-state index contributed by atoms with van der Waals surface area (Å²) < 4.78 is 0. The predicted molar refractivity (Wildman–Crippen MR) is 40.9 cm³/mol. The van der Waals surface area contributed by atoms with Crippen LogP contribution in [0.25, 0.3) is 0 Å². The Kier molecular flexibility index (Phi) is 4.36. The zero-order valence-electron chi connectivity index (χ0n) is 6.35. The van der Waals surface area contributed by atoms with Crippen LogP contribution in [-0.2, 0) is 0 Å². The van der Waals surface area contributed by atoms with Crippen LogP contribution < -0.4 is 5.84 Å². The molecule has 0 radical (unpaired) electrons. The second kappa shape index (κ2) is 4.53. The van der Waals surface area contributed by atoms with Crippen LogP contribution in [0, 0.1) is 0 Å². The fraction of sp³-hybridized carbons (Fsp3) is 0.714. The van der Waals surface area contributed by atoms with Gasteiger partial charge in [-0.05, 0) is 19.8 Å². The molecule has 0 amide bonds. The van der Waals surface area contributed by atoms with Gasteiger partial charge in [0.1, 0.15) is 0 Å². The largest absolute Gasteiger partial charge is 0.269 e. The minimum Gasteiger partial charge on any atom is -0.269 e. The molecule has 2 nitrogen and oxygen atoms in total. The van der Waals surface area contributed by atoms with Gasteiger partial charge < -0.3 is 0 Å². The quantitative estimate of drug-likeness (QED) is 0.349. The van der Waals surface area contributed by atoms with E-state index in [1.807, 2.05) is 14.0 Å². The number of hydrogen-bond acceptors (Lipinski definition) is 2. The summed E-state index contributed by atoms with van der Waals surface area (Å²) in [6, 6.07) is 0. The van der Waals surface area contributed by atoms with E-state index >= 15 is 0 Å². The maximum Gasteiger partial charge on any atom is 0.0128 e. The van der Waals surface area contributed by atoms with E-state index in [1.54, 1.807) is 5.01 Å². The first kappa shape index (κ1) is 8.66. The Morgan fingerprint density at radius 2 is 2.22 bits per heavy atom. The molecular weight excluding hydrogens is 112 g/mol. The van der Waals surface area contributed by atoms with E-state index in [0.717, 1.165) is 19.4 Å². The summed E-state index contributed by atoms with van der Waals surface area (Å²) in [6.45, 7) is 6.78. The van der Waals surface area contributed by atoms with Crippen molar-refractivity contribution in [2.75, 3.05) is 13.6 Å². The van der Waals surface area contributed by atoms with Gasteiger partial charge in [0.15, 0.2) is 0 Å². The monoisotopic (exact) mass is 128 g/mol. The van der Waals surface area contributed by atoms with E-state index in [0.29, 0.717) is 0 Å². The molecule has 9 heavy (non-hydrogen) atoms. The lowest BCUT2D eigenvalue weighted by molar-refractivity contribution is 0.343. The van der Waals surface area contributed by atoms with Gasteiger partial charge in [0.25, 0.3) is 0 Å². The van der Waals surface area contributed by atoms with E-state index in [1.165, 1.54) is 5.57 Å². The van der Waals surface area contributed by atoms with Crippen molar-refractivity contribution in [1.29, 1.82) is 0 Å². The molecule has 0 bridgehead atoms. The fourth-order valence-electron chi connectivity index (χ4n) is 0.630. The van der Waals surface area contributed by atoms with Crippen molar-refractivity contribution < 1.29 is 0 Å². The molecule has 0 aliphatic carbocycles. The minimum absolute atomic E-state index is 0.951. The highest BCUT2D eigenvalue weighted by molar-refractivity contribution is 4.87. The molecule has 0 fully saturated rings. The summed E-state index contributed by atoms with van der Waals surface area (Å²) in [7, 11) is 1.87. The second-order valence-electron chi connectivity index (χ2n) is 2.54. The van der Waals surface area contributed by atoms with Gasteiger partial charge in [0.2, 0.25) is 0 Å². The lowest BCUT2D eigenvalue weighted by Gasteiger charge is -2.07. The predicted octanol–water partition coefficient (Wildman–Crippen LogP) is 1.15. The number of hydrazine groups is 1.